The fourth-order valence-electron chi connectivity index (χ4n) is 1.95. The van der Waals surface area contributed by atoms with Gasteiger partial charge in [-0.2, -0.15) is 5.10 Å². The number of rotatable bonds is 5. The van der Waals surface area contributed by atoms with E-state index in [1.54, 1.807) is 18.2 Å². The number of ether oxygens (including phenoxy) is 1. The number of aromatic hydroxyl groups is 1. The van der Waals surface area contributed by atoms with Crippen LogP contribution >= 0.6 is 12.2 Å². The van der Waals surface area contributed by atoms with Gasteiger partial charge in [0.15, 0.2) is 5.11 Å². The SMILES string of the molecule is Oc1ccccc1/C=N/NC(=S)NCCN1CCOCC1. The molecule has 7 heteroatoms. The summed E-state index contributed by atoms with van der Waals surface area (Å²) >= 11 is 5.13. The van der Waals surface area contributed by atoms with Gasteiger partial charge in [0, 0.05) is 31.7 Å². The highest BCUT2D eigenvalue weighted by Gasteiger charge is 2.09. The average Bonchev–Trinajstić information content (AvgIpc) is 2.50. The predicted octanol–water partition coefficient (Wildman–Crippen LogP) is 0.522. The molecule has 0 bridgehead atoms. The largest absolute Gasteiger partial charge is 0.507 e. The van der Waals surface area contributed by atoms with Crippen LogP contribution in [0.4, 0.5) is 0 Å². The van der Waals surface area contributed by atoms with E-state index in [1.807, 2.05) is 6.07 Å². The van der Waals surface area contributed by atoms with Gasteiger partial charge in [0.1, 0.15) is 5.75 Å². The molecule has 0 aliphatic carbocycles. The van der Waals surface area contributed by atoms with Crippen molar-refractivity contribution < 1.29 is 9.84 Å². The molecule has 3 N–H and O–H groups in total. The molecule has 21 heavy (non-hydrogen) atoms. The lowest BCUT2D eigenvalue weighted by Crippen LogP contribution is -2.42. The zero-order valence-electron chi connectivity index (χ0n) is 11.8. The molecule has 1 heterocycles. The molecule has 1 saturated heterocycles. The molecule has 1 aliphatic heterocycles. The lowest BCUT2D eigenvalue weighted by atomic mass is 10.2. The van der Waals surface area contributed by atoms with Gasteiger partial charge in [-0.05, 0) is 24.4 Å². The number of hydrogen-bond donors (Lipinski definition) is 3. The molecule has 0 aromatic heterocycles. The Morgan fingerprint density at radius 2 is 2.14 bits per heavy atom. The highest BCUT2D eigenvalue weighted by Crippen LogP contribution is 2.12. The Kier molecular flexibility index (Phi) is 6.39. The summed E-state index contributed by atoms with van der Waals surface area (Å²) in [5, 5.41) is 17.1. The van der Waals surface area contributed by atoms with Crippen molar-refractivity contribution in [2.75, 3.05) is 39.4 Å². The van der Waals surface area contributed by atoms with Crippen LogP contribution in [0.25, 0.3) is 0 Å². The van der Waals surface area contributed by atoms with E-state index in [2.05, 4.69) is 20.7 Å². The molecule has 114 valence electrons. The van der Waals surface area contributed by atoms with Crippen LogP contribution in [0.2, 0.25) is 0 Å². The maximum absolute atomic E-state index is 9.58. The van der Waals surface area contributed by atoms with Crippen molar-refractivity contribution in [1.82, 2.24) is 15.6 Å². The average molecular weight is 308 g/mol. The van der Waals surface area contributed by atoms with E-state index in [9.17, 15) is 5.11 Å². The van der Waals surface area contributed by atoms with Crippen LogP contribution in [-0.2, 0) is 4.74 Å². The van der Waals surface area contributed by atoms with E-state index in [-0.39, 0.29) is 5.75 Å². The number of phenolic OH excluding ortho intramolecular Hbond substituents is 1. The number of benzene rings is 1. The van der Waals surface area contributed by atoms with E-state index < -0.39 is 0 Å². The van der Waals surface area contributed by atoms with E-state index in [0.717, 1.165) is 39.4 Å². The standard InChI is InChI=1S/C14H20N4O2S/c19-13-4-2-1-3-12(13)11-16-17-14(21)15-5-6-18-7-9-20-10-8-18/h1-4,11,19H,5-10H2,(H2,15,17,21)/b16-11+. The van der Waals surface area contributed by atoms with Crippen molar-refractivity contribution >= 4 is 23.5 Å². The minimum Gasteiger partial charge on any atom is -0.507 e. The van der Waals surface area contributed by atoms with E-state index in [4.69, 9.17) is 17.0 Å². The maximum Gasteiger partial charge on any atom is 0.187 e. The molecule has 0 atom stereocenters. The molecule has 0 saturated carbocycles. The van der Waals surface area contributed by atoms with Crippen molar-refractivity contribution in [2.45, 2.75) is 0 Å². The summed E-state index contributed by atoms with van der Waals surface area (Å²) in [7, 11) is 0. The Bertz CT molecular complexity index is 490. The van der Waals surface area contributed by atoms with Crippen molar-refractivity contribution in [3.05, 3.63) is 29.8 Å². The Hall–Kier alpha value is -1.70. The lowest BCUT2D eigenvalue weighted by molar-refractivity contribution is 0.0389. The third kappa shape index (κ3) is 5.66. The fraction of sp³-hybridized carbons (Fsp3) is 0.429. The van der Waals surface area contributed by atoms with Gasteiger partial charge in [0.2, 0.25) is 0 Å². The summed E-state index contributed by atoms with van der Waals surface area (Å²) in [6.45, 7) is 5.22. The molecule has 0 amide bonds. The minimum absolute atomic E-state index is 0.189. The van der Waals surface area contributed by atoms with E-state index in [1.165, 1.54) is 6.21 Å². The highest BCUT2D eigenvalue weighted by molar-refractivity contribution is 7.80. The quantitative estimate of drug-likeness (QED) is 0.419. The molecule has 0 unspecified atom stereocenters. The number of para-hydroxylation sites is 1. The predicted molar refractivity (Wildman–Crippen MR) is 86.7 cm³/mol. The first kappa shape index (κ1) is 15.7. The Balaban J connectivity index is 1.64. The number of nitrogens with one attached hydrogen (secondary N) is 2. The highest BCUT2D eigenvalue weighted by atomic mass is 32.1. The first-order valence-electron chi connectivity index (χ1n) is 6.91. The van der Waals surface area contributed by atoms with Gasteiger partial charge in [0.25, 0.3) is 0 Å². The molecule has 0 spiro atoms. The fourth-order valence-corrected chi connectivity index (χ4v) is 2.10. The summed E-state index contributed by atoms with van der Waals surface area (Å²) in [5.74, 6) is 0.189. The van der Waals surface area contributed by atoms with Crippen molar-refractivity contribution in [3.8, 4) is 5.75 Å². The molecule has 1 aromatic carbocycles. The first-order valence-corrected chi connectivity index (χ1v) is 7.31. The number of hydrogen-bond acceptors (Lipinski definition) is 5. The minimum atomic E-state index is 0.189. The van der Waals surface area contributed by atoms with Crippen molar-refractivity contribution in [1.29, 1.82) is 0 Å². The van der Waals surface area contributed by atoms with Crippen LogP contribution in [0.3, 0.4) is 0 Å². The van der Waals surface area contributed by atoms with Crippen LogP contribution in [0.1, 0.15) is 5.56 Å². The van der Waals surface area contributed by atoms with Crippen LogP contribution in [0, 0.1) is 0 Å². The summed E-state index contributed by atoms with van der Waals surface area (Å²) in [5.41, 5.74) is 3.37. The summed E-state index contributed by atoms with van der Waals surface area (Å²) < 4.78 is 5.29. The van der Waals surface area contributed by atoms with Gasteiger partial charge >= 0.3 is 0 Å². The third-order valence-corrected chi connectivity index (χ3v) is 3.36. The Labute approximate surface area is 129 Å². The Morgan fingerprint density at radius 3 is 2.90 bits per heavy atom. The number of phenols is 1. The normalized spacial score (nSPS) is 16.0. The number of thiocarbonyl (C=S) groups is 1. The number of nitrogens with zero attached hydrogens (tertiary/aromatic N) is 2. The van der Waals surface area contributed by atoms with Gasteiger partial charge in [0.05, 0.1) is 19.4 Å². The topological polar surface area (TPSA) is 69.1 Å². The molecular formula is C14H20N4O2S. The zero-order chi connectivity index (χ0) is 14.9. The van der Waals surface area contributed by atoms with Gasteiger partial charge in [-0.15, -0.1) is 0 Å². The molecule has 6 nitrogen and oxygen atoms in total. The van der Waals surface area contributed by atoms with Crippen LogP contribution in [-0.4, -0.2) is 60.7 Å². The van der Waals surface area contributed by atoms with Gasteiger partial charge in [-0.1, -0.05) is 12.1 Å². The molecule has 0 radical (unpaired) electrons. The second-order valence-corrected chi connectivity index (χ2v) is 5.05. The van der Waals surface area contributed by atoms with E-state index in [0.29, 0.717) is 10.7 Å². The second kappa shape index (κ2) is 8.56. The molecule has 2 rings (SSSR count). The zero-order valence-corrected chi connectivity index (χ0v) is 12.6. The van der Waals surface area contributed by atoms with Gasteiger partial charge in [-0.3, -0.25) is 10.3 Å². The van der Waals surface area contributed by atoms with Crippen LogP contribution in [0.15, 0.2) is 29.4 Å². The number of hydrazone groups is 1. The van der Waals surface area contributed by atoms with Crippen LogP contribution < -0.4 is 10.7 Å². The molecule has 1 aromatic rings. The van der Waals surface area contributed by atoms with Crippen LogP contribution in [0.5, 0.6) is 5.75 Å². The summed E-state index contributed by atoms with van der Waals surface area (Å²) in [6, 6.07) is 6.98. The second-order valence-electron chi connectivity index (χ2n) is 4.64. The van der Waals surface area contributed by atoms with Gasteiger partial charge < -0.3 is 15.2 Å². The van der Waals surface area contributed by atoms with Gasteiger partial charge in [-0.25, -0.2) is 0 Å². The maximum atomic E-state index is 9.58. The van der Waals surface area contributed by atoms with Crippen molar-refractivity contribution in [3.63, 3.8) is 0 Å². The molecule has 1 fully saturated rings. The van der Waals surface area contributed by atoms with Crippen molar-refractivity contribution in [2.24, 2.45) is 5.10 Å². The molecular weight excluding hydrogens is 288 g/mol. The monoisotopic (exact) mass is 308 g/mol. The Morgan fingerprint density at radius 1 is 1.38 bits per heavy atom. The number of morpholine rings is 1. The lowest BCUT2D eigenvalue weighted by Gasteiger charge is -2.26. The smallest absolute Gasteiger partial charge is 0.187 e. The first-order chi connectivity index (χ1) is 10.3. The molecule has 1 aliphatic rings. The third-order valence-electron chi connectivity index (χ3n) is 3.12. The van der Waals surface area contributed by atoms with E-state index >= 15 is 0 Å². The summed E-state index contributed by atoms with van der Waals surface area (Å²) in [6.07, 6.45) is 1.53. The summed E-state index contributed by atoms with van der Waals surface area (Å²) in [4.78, 5) is 2.32.